The minimum Gasteiger partial charge on any atom is -0.252 e. The van der Waals surface area contributed by atoms with Crippen LogP contribution in [0.15, 0.2) is 94.9 Å². The number of nitrogens with zero attached hydrogens (tertiary/aromatic N) is 4. The number of halogens is 1. The van der Waals surface area contributed by atoms with Crippen molar-refractivity contribution in [2.45, 2.75) is 16.6 Å². The van der Waals surface area contributed by atoms with Gasteiger partial charge in [0.25, 0.3) is 0 Å². The van der Waals surface area contributed by atoms with E-state index in [2.05, 4.69) is 17.2 Å². The quantitative estimate of drug-likeness (QED) is 0.394. The Labute approximate surface area is 178 Å². The lowest BCUT2D eigenvalue weighted by Gasteiger charge is -2.13. The van der Waals surface area contributed by atoms with Crippen LogP contribution in [0.4, 0.5) is 5.69 Å². The summed E-state index contributed by atoms with van der Waals surface area (Å²) >= 11 is 7.87. The fourth-order valence-electron chi connectivity index (χ4n) is 3.31. The topological polar surface area (TPSA) is 43.1 Å². The third-order valence-electron chi connectivity index (χ3n) is 4.77. The van der Waals surface area contributed by atoms with Gasteiger partial charge in [-0.2, -0.15) is 15.0 Å². The summed E-state index contributed by atoms with van der Waals surface area (Å²) in [4.78, 5) is 7.81. The summed E-state index contributed by atoms with van der Waals surface area (Å²) in [6.45, 7) is 0. The summed E-state index contributed by atoms with van der Waals surface area (Å²) in [5.41, 5.74) is 4.98. The highest BCUT2D eigenvalue weighted by atomic mass is 35.5. The second-order valence-electron chi connectivity index (χ2n) is 6.74. The lowest BCUT2D eigenvalue weighted by atomic mass is 10.0. The largest absolute Gasteiger partial charge is 0.252 e. The van der Waals surface area contributed by atoms with Gasteiger partial charge in [0, 0.05) is 22.1 Å². The van der Waals surface area contributed by atoms with Crippen LogP contribution in [0.25, 0.3) is 5.69 Å². The molecule has 0 N–H and O–H groups in total. The molecule has 29 heavy (non-hydrogen) atoms. The van der Waals surface area contributed by atoms with Gasteiger partial charge in [-0.05, 0) is 42.0 Å². The Bertz CT molecular complexity index is 1170. The summed E-state index contributed by atoms with van der Waals surface area (Å²) < 4.78 is 0. The fraction of sp³-hybridized carbons (Fsp3) is 0.0870. The molecule has 0 spiro atoms. The number of thioether (sulfide) groups is 1. The molecule has 0 aliphatic carbocycles. The van der Waals surface area contributed by atoms with E-state index in [1.54, 1.807) is 16.6 Å². The van der Waals surface area contributed by atoms with Gasteiger partial charge in [0.2, 0.25) is 0 Å². The number of hydrogen-bond acceptors (Lipinski definition) is 4. The number of para-hydroxylation sites is 2. The van der Waals surface area contributed by atoms with Crippen molar-refractivity contribution in [2.75, 3.05) is 0 Å². The van der Waals surface area contributed by atoms with E-state index in [1.807, 2.05) is 72.9 Å². The van der Waals surface area contributed by atoms with Gasteiger partial charge < -0.3 is 0 Å². The predicted molar refractivity (Wildman–Crippen MR) is 119 cm³/mol. The van der Waals surface area contributed by atoms with E-state index in [9.17, 15) is 0 Å². The number of aromatic nitrogens is 3. The van der Waals surface area contributed by atoms with Crippen LogP contribution in [-0.2, 0) is 0 Å². The highest BCUT2D eigenvalue weighted by Gasteiger charge is 2.25. The lowest BCUT2D eigenvalue weighted by molar-refractivity contribution is 0.735. The monoisotopic (exact) mass is 416 g/mol. The maximum Gasteiger partial charge on any atom is 0.0969 e. The molecule has 2 heterocycles. The fourth-order valence-corrected chi connectivity index (χ4v) is 4.60. The van der Waals surface area contributed by atoms with Crippen molar-refractivity contribution in [3.63, 3.8) is 0 Å². The number of benzene rings is 3. The van der Waals surface area contributed by atoms with Gasteiger partial charge in [-0.3, -0.25) is 4.99 Å². The van der Waals surface area contributed by atoms with Gasteiger partial charge in [-0.1, -0.05) is 54.1 Å². The Morgan fingerprint density at radius 1 is 0.897 bits per heavy atom. The first-order valence-electron chi connectivity index (χ1n) is 9.33. The van der Waals surface area contributed by atoms with Crippen LogP contribution in [0.2, 0.25) is 5.02 Å². The first kappa shape index (κ1) is 18.2. The lowest BCUT2D eigenvalue weighted by Crippen LogP contribution is -2.06. The molecule has 0 fully saturated rings. The number of hydrogen-bond donors (Lipinski definition) is 0. The average Bonchev–Trinajstić information content (AvgIpc) is 3.17. The molecular weight excluding hydrogens is 400 g/mol. The van der Waals surface area contributed by atoms with Gasteiger partial charge in [0.05, 0.1) is 28.5 Å². The Balaban J connectivity index is 1.54. The van der Waals surface area contributed by atoms with Crippen LogP contribution in [0.5, 0.6) is 0 Å². The van der Waals surface area contributed by atoms with Crippen molar-refractivity contribution in [3.8, 4) is 5.69 Å². The molecule has 1 aliphatic heterocycles. The molecule has 6 heteroatoms. The Hall–Kier alpha value is -2.89. The molecule has 142 valence electrons. The van der Waals surface area contributed by atoms with Crippen molar-refractivity contribution >= 4 is 34.8 Å². The summed E-state index contributed by atoms with van der Waals surface area (Å²) in [6, 6.07) is 26.1. The molecule has 5 rings (SSSR count). The molecule has 0 saturated carbocycles. The molecule has 0 amide bonds. The zero-order valence-electron chi connectivity index (χ0n) is 15.4. The molecule has 0 radical (unpaired) electrons. The maximum atomic E-state index is 6.08. The Kier molecular flexibility index (Phi) is 4.92. The Morgan fingerprint density at radius 3 is 2.48 bits per heavy atom. The van der Waals surface area contributed by atoms with Crippen molar-refractivity contribution < 1.29 is 0 Å². The molecule has 3 aromatic carbocycles. The molecule has 1 atom stereocenters. The van der Waals surface area contributed by atoms with Crippen LogP contribution >= 0.6 is 23.4 Å². The van der Waals surface area contributed by atoms with Gasteiger partial charge in [0.1, 0.15) is 0 Å². The number of fused-ring (bicyclic) bond motifs is 1. The highest BCUT2D eigenvalue weighted by molar-refractivity contribution is 7.99. The molecular formula is C23H17ClN4S. The minimum absolute atomic E-state index is 0.116. The number of rotatable bonds is 3. The van der Waals surface area contributed by atoms with Gasteiger partial charge in [-0.15, -0.1) is 11.8 Å². The van der Waals surface area contributed by atoms with E-state index in [0.717, 1.165) is 44.7 Å². The molecule has 4 nitrogen and oxygen atoms in total. The van der Waals surface area contributed by atoms with Crippen LogP contribution in [0.3, 0.4) is 0 Å². The molecule has 0 saturated heterocycles. The van der Waals surface area contributed by atoms with E-state index in [1.165, 1.54) is 0 Å². The summed E-state index contributed by atoms with van der Waals surface area (Å²) in [5, 5.41) is 10.1. The first-order chi connectivity index (χ1) is 14.3. The third-order valence-corrected chi connectivity index (χ3v) is 6.32. The molecule has 1 aliphatic rings. The second kappa shape index (κ2) is 7.85. The third kappa shape index (κ3) is 3.84. The van der Waals surface area contributed by atoms with Crippen LogP contribution in [-0.4, -0.2) is 20.7 Å². The highest BCUT2D eigenvalue weighted by Crippen LogP contribution is 2.44. The van der Waals surface area contributed by atoms with Crippen LogP contribution in [0.1, 0.15) is 22.9 Å². The summed E-state index contributed by atoms with van der Waals surface area (Å²) in [5.74, 6) is 0. The van der Waals surface area contributed by atoms with E-state index in [0.29, 0.717) is 0 Å². The predicted octanol–water partition coefficient (Wildman–Crippen LogP) is 6.28. The van der Waals surface area contributed by atoms with E-state index < -0.39 is 0 Å². The number of aliphatic imine (C=N–C) groups is 1. The SMILES string of the molecule is Clc1ccc(C2=Nc3ccccc3SC(c3cnn(-c4ccccc4)n3)C2)cc1. The van der Waals surface area contributed by atoms with E-state index in [4.69, 9.17) is 21.7 Å². The van der Waals surface area contributed by atoms with Crippen LogP contribution < -0.4 is 0 Å². The van der Waals surface area contributed by atoms with Gasteiger partial charge in [-0.25, -0.2) is 0 Å². The van der Waals surface area contributed by atoms with Crippen molar-refractivity contribution in [2.24, 2.45) is 4.99 Å². The second-order valence-corrected chi connectivity index (χ2v) is 8.42. The van der Waals surface area contributed by atoms with Crippen molar-refractivity contribution in [1.82, 2.24) is 15.0 Å². The smallest absolute Gasteiger partial charge is 0.0969 e. The standard InChI is InChI=1S/C23H17ClN4S/c24-17-12-10-16(11-13-17)20-14-23(29-22-9-5-4-8-19(22)26-20)21-15-25-28(27-21)18-6-2-1-3-7-18/h1-13,15,23H,14H2. The van der Waals surface area contributed by atoms with Crippen LogP contribution in [0, 0.1) is 0 Å². The molecule has 4 aromatic rings. The molecule has 1 aromatic heterocycles. The zero-order chi connectivity index (χ0) is 19.6. The first-order valence-corrected chi connectivity index (χ1v) is 10.6. The summed E-state index contributed by atoms with van der Waals surface area (Å²) in [7, 11) is 0. The minimum atomic E-state index is 0.116. The molecule has 1 unspecified atom stereocenters. The van der Waals surface area contributed by atoms with Gasteiger partial charge >= 0.3 is 0 Å². The molecule has 0 bridgehead atoms. The zero-order valence-corrected chi connectivity index (χ0v) is 17.0. The van der Waals surface area contributed by atoms with Gasteiger partial charge in [0.15, 0.2) is 0 Å². The van der Waals surface area contributed by atoms with E-state index in [-0.39, 0.29) is 5.25 Å². The Morgan fingerprint density at radius 2 is 1.66 bits per heavy atom. The van der Waals surface area contributed by atoms with Crippen molar-refractivity contribution in [1.29, 1.82) is 0 Å². The normalized spacial score (nSPS) is 16.0. The van der Waals surface area contributed by atoms with E-state index >= 15 is 0 Å². The summed E-state index contributed by atoms with van der Waals surface area (Å²) in [6.07, 6.45) is 2.62. The average molecular weight is 417 g/mol. The van der Waals surface area contributed by atoms with Crippen molar-refractivity contribution in [3.05, 3.63) is 101 Å². The maximum absolute atomic E-state index is 6.08.